The van der Waals surface area contributed by atoms with Crippen molar-refractivity contribution in [2.75, 3.05) is 55.4 Å². The predicted molar refractivity (Wildman–Crippen MR) is 138 cm³/mol. The molecule has 0 spiro atoms. The SMILES string of the molecule is Cc1c(-c2cc3cc(N(C(=O)O)[C@H]4C[C@H](N5CCOCC5)C4)ncc3c(N)c2F)cnc2c1NCCO2. The van der Waals surface area contributed by atoms with Crippen LogP contribution < -0.4 is 20.7 Å². The molecule has 11 heteroatoms. The summed E-state index contributed by atoms with van der Waals surface area (Å²) in [6, 6.07) is 3.52. The van der Waals surface area contributed by atoms with Gasteiger partial charge in [-0.25, -0.2) is 19.2 Å². The van der Waals surface area contributed by atoms with Gasteiger partial charge in [0.25, 0.3) is 0 Å². The van der Waals surface area contributed by atoms with Crippen LogP contribution in [-0.4, -0.2) is 77.6 Å². The molecule has 1 saturated carbocycles. The van der Waals surface area contributed by atoms with Crippen LogP contribution in [0.2, 0.25) is 0 Å². The van der Waals surface area contributed by atoms with Crippen LogP contribution in [0.25, 0.3) is 21.9 Å². The Kier molecular flexibility index (Phi) is 5.96. The van der Waals surface area contributed by atoms with Gasteiger partial charge in [-0.15, -0.1) is 0 Å². The molecule has 2 fully saturated rings. The molecule has 0 unspecified atom stereocenters. The quantitative estimate of drug-likeness (QED) is 0.454. The first-order valence-electron chi connectivity index (χ1n) is 12.5. The summed E-state index contributed by atoms with van der Waals surface area (Å²) in [6.45, 7) is 6.17. The highest BCUT2D eigenvalue weighted by Crippen LogP contribution is 2.40. The van der Waals surface area contributed by atoms with Gasteiger partial charge >= 0.3 is 6.09 Å². The van der Waals surface area contributed by atoms with Crippen LogP contribution in [0.15, 0.2) is 24.5 Å². The molecule has 2 aliphatic heterocycles. The van der Waals surface area contributed by atoms with Gasteiger partial charge in [-0.1, -0.05) is 0 Å². The molecule has 1 saturated heterocycles. The second-order valence-corrected chi connectivity index (χ2v) is 9.75. The average molecular weight is 509 g/mol. The molecule has 10 nitrogen and oxygen atoms in total. The van der Waals surface area contributed by atoms with Crippen molar-refractivity contribution in [3.05, 3.63) is 35.9 Å². The number of hydrogen-bond acceptors (Lipinski definition) is 8. The number of nitrogen functional groups attached to an aromatic ring is 1. The summed E-state index contributed by atoms with van der Waals surface area (Å²) in [5.41, 5.74) is 8.58. The zero-order valence-corrected chi connectivity index (χ0v) is 20.5. The van der Waals surface area contributed by atoms with Gasteiger partial charge in [0.2, 0.25) is 5.88 Å². The van der Waals surface area contributed by atoms with E-state index in [4.69, 9.17) is 15.2 Å². The van der Waals surface area contributed by atoms with Crippen LogP contribution in [-0.2, 0) is 4.74 Å². The van der Waals surface area contributed by atoms with Crippen molar-refractivity contribution in [2.45, 2.75) is 31.8 Å². The number of nitrogens with zero attached hydrogens (tertiary/aromatic N) is 4. The number of halogens is 1. The van der Waals surface area contributed by atoms with Gasteiger partial charge in [0.1, 0.15) is 18.1 Å². The summed E-state index contributed by atoms with van der Waals surface area (Å²) < 4.78 is 26.5. The maximum atomic E-state index is 15.5. The van der Waals surface area contributed by atoms with Gasteiger partial charge in [-0.05, 0) is 42.8 Å². The predicted octanol–water partition coefficient (Wildman–Crippen LogP) is 3.48. The van der Waals surface area contributed by atoms with E-state index in [1.165, 1.54) is 11.1 Å². The minimum atomic E-state index is -1.06. The number of hydrogen-bond donors (Lipinski definition) is 3. The second kappa shape index (κ2) is 9.31. The Balaban J connectivity index is 1.35. The van der Waals surface area contributed by atoms with Gasteiger partial charge in [-0.3, -0.25) is 9.80 Å². The molecule has 37 heavy (non-hydrogen) atoms. The number of amides is 1. The maximum absolute atomic E-state index is 15.5. The van der Waals surface area contributed by atoms with Gasteiger partial charge < -0.3 is 25.6 Å². The fourth-order valence-electron chi connectivity index (χ4n) is 5.56. The molecule has 0 atom stereocenters. The zero-order chi connectivity index (χ0) is 25.7. The second-order valence-electron chi connectivity index (χ2n) is 9.75. The van der Waals surface area contributed by atoms with Gasteiger partial charge in [0, 0.05) is 60.6 Å². The van der Waals surface area contributed by atoms with E-state index >= 15 is 4.39 Å². The molecule has 0 radical (unpaired) electrons. The summed E-state index contributed by atoms with van der Waals surface area (Å²) in [5, 5.41) is 14.4. The van der Waals surface area contributed by atoms with Gasteiger partial charge in [0.05, 0.1) is 18.9 Å². The number of aromatic nitrogens is 2. The highest BCUT2D eigenvalue weighted by atomic mass is 19.1. The van der Waals surface area contributed by atoms with E-state index in [1.807, 2.05) is 6.92 Å². The molecule has 4 heterocycles. The Labute approximate surface area is 213 Å². The summed E-state index contributed by atoms with van der Waals surface area (Å²) in [7, 11) is 0. The van der Waals surface area contributed by atoms with Crippen molar-refractivity contribution in [1.29, 1.82) is 0 Å². The topological polar surface area (TPSA) is 126 Å². The van der Waals surface area contributed by atoms with Crippen molar-refractivity contribution in [2.24, 2.45) is 0 Å². The summed E-state index contributed by atoms with van der Waals surface area (Å²) in [6.07, 6.45) is 3.44. The van der Waals surface area contributed by atoms with Crippen molar-refractivity contribution < 1.29 is 23.8 Å². The monoisotopic (exact) mass is 508 g/mol. The Morgan fingerprint density at radius 1 is 1.19 bits per heavy atom. The molecule has 2 aromatic heterocycles. The van der Waals surface area contributed by atoms with E-state index in [-0.39, 0.29) is 11.7 Å². The molecule has 1 amide bonds. The van der Waals surface area contributed by atoms with E-state index in [9.17, 15) is 9.90 Å². The molecule has 6 rings (SSSR count). The molecular weight excluding hydrogens is 479 g/mol. The molecule has 1 aromatic carbocycles. The lowest BCUT2D eigenvalue weighted by Crippen LogP contribution is -2.57. The minimum absolute atomic E-state index is 0.0363. The Morgan fingerprint density at radius 3 is 2.73 bits per heavy atom. The van der Waals surface area contributed by atoms with E-state index in [2.05, 4.69) is 20.2 Å². The smallest absolute Gasteiger partial charge is 0.413 e. The van der Waals surface area contributed by atoms with Crippen LogP contribution in [0.1, 0.15) is 18.4 Å². The van der Waals surface area contributed by atoms with E-state index in [0.717, 1.165) is 37.2 Å². The number of ether oxygens (including phenoxy) is 2. The van der Waals surface area contributed by atoms with Crippen LogP contribution in [0.4, 0.5) is 26.4 Å². The lowest BCUT2D eigenvalue weighted by molar-refractivity contribution is -0.00678. The van der Waals surface area contributed by atoms with Crippen molar-refractivity contribution in [3.63, 3.8) is 0 Å². The Hall–Kier alpha value is -3.70. The number of pyridine rings is 2. The lowest BCUT2D eigenvalue weighted by Gasteiger charge is -2.47. The molecule has 194 valence electrons. The Bertz CT molecular complexity index is 1370. The van der Waals surface area contributed by atoms with E-state index in [1.54, 1.807) is 18.3 Å². The van der Waals surface area contributed by atoms with E-state index in [0.29, 0.717) is 66.0 Å². The molecule has 0 bridgehead atoms. The number of carbonyl (C=O) groups is 1. The first-order valence-corrected chi connectivity index (χ1v) is 12.5. The summed E-state index contributed by atoms with van der Waals surface area (Å²) in [4.78, 5) is 24.7. The van der Waals surface area contributed by atoms with Crippen molar-refractivity contribution in [1.82, 2.24) is 14.9 Å². The number of benzene rings is 1. The summed E-state index contributed by atoms with van der Waals surface area (Å²) >= 11 is 0. The fourth-order valence-corrected chi connectivity index (χ4v) is 5.56. The van der Waals surface area contributed by atoms with Crippen LogP contribution in [0.5, 0.6) is 5.88 Å². The van der Waals surface area contributed by atoms with Crippen LogP contribution in [0, 0.1) is 12.7 Å². The molecule has 4 N–H and O–H groups in total. The number of nitrogens with two attached hydrogens (primary N) is 1. The summed E-state index contributed by atoms with van der Waals surface area (Å²) in [5.74, 6) is 0.227. The van der Waals surface area contributed by atoms with Crippen LogP contribution in [0.3, 0.4) is 0 Å². The van der Waals surface area contributed by atoms with Gasteiger partial charge in [-0.2, -0.15) is 0 Å². The van der Waals surface area contributed by atoms with Crippen molar-refractivity contribution in [3.8, 4) is 17.0 Å². The number of anilines is 3. The van der Waals surface area contributed by atoms with Crippen LogP contribution >= 0.6 is 0 Å². The third-order valence-electron chi connectivity index (χ3n) is 7.69. The van der Waals surface area contributed by atoms with Gasteiger partial charge in [0.15, 0.2) is 5.82 Å². The Morgan fingerprint density at radius 2 is 1.97 bits per heavy atom. The third kappa shape index (κ3) is 4.08. The number of rotatable bonds is 4. The average Bonchev–Trinajstić information content (AvgIpc) is 2.88. The minimum Gasteiger partial charge on any atom is -0.474 e. The third-order valence-corrected chi connectivity index (χ3v) is 7.69. The number of nitrogens with one attached hydrogen (secondary N) is 1. The number of fused-ring (bicyclic) bond motifs is 2. The lowest BCUT2D eigenvalue weighted by atomic mass is 9.84. The van der Waals surface area contributed by atoms with E-state index < -0.39 is 11.9 Å². The molecular formula is C26H29FN6O4. The highest BCUT2D eigenvalue weighted by Gasteiger charge is 2.40. The number of morpholine rings is 1. The largest absolute Gasteiger partial charge is 0.474 e. The zero-order valence-electron chi connectivity index (χ0n) is 20.5. The molecule has 1 aliphatic carbocycles. The normalized spacial score (nSPS) is 21.5. The number of carboxylic acid groups (broad SMARTS) is 1. The highest BCUT2D eigenvalue weighted by molar-refractivity contribution is 5.99. The molecule has 3 aliphatic rings. The first kappa shape index (κ1) is 23.7. The fraction of sp³-hybridized carbons (Fsp3) is 0.423. The standard InChI is InChI=1S/C26H29FN6O4/c1-14-19(12-31-25-24(14)29-2-5-37-25)18-8-15-9-21(30-13-20(15)23(28)22(18)27)33(26(34)35)17-10-16(11-17)32-3-6-36-7-4-32/h8-9,12-13,16-17,29H,2-7,10-11,28H2,1H3,(H,34,35)/t16-,17-. The first-order chi connectivity index (χ1) is 17.9. The van der Waals surface area contributed by atoms with Crippen molar-refractivity contribution >= 4 is 34.1 Å². The maximum Gasteiger partial charge on any atom is 0.413 e. The molecule has 3 aromatic rings.